The number of carbonyl (C=O) groups excluding carboxylic acids is 1. The van der Waals surface area contributed by atoms with E-state index < -0.39 is 17.9 Å². The number of aliphatic carboxylic acids is 1. The Kier molecular flexibility index (Phi) is 11.5. The van der Waals surface area contributed by atoms with Gasteiger partial charge in [-0.05, 0) is 86.9 Å². The molecule has 0 radical (unpaired) electrons. The van der Waals surface area contributed by atoms with Gasteiger partial charge in [-0.15, -0.1) is 0 Å². The Bertz CT molecular complexity index is 1540. The Morgan fingerprint density at radius 1 is 0.791 bits per heavy atom. The molecule has 0 bridgehead atoms. The van der Waals surface area contributed by atoms with Gasteiger partial charge in [0.15, 0.2) is 0 Å². The summed E-state index contributed by atoms with van der Waals surface area (Å²) in [6.45, 7) is 4.16. The zero-order valence-electron chi connectivity index (χ0n) is 24.8. The van der Waals surface area contributed by atoms with E-state index in [9.17, 15) is 14.7 Å². The first-order chi connectivity index (χ1) is 20.9. The van der Waals surface area contributed by atoms with Gasteiger partial charge in [0.25, 0.3) is 5.91 Å². The van der Waals surface area contributed by atoms with Crippen molar-refractivity contribution in [3.8, 4) is 22.6 Å². The summed E-state index contributed by atoms with van der Waals surface area (Å²) in [4.78, 5) is 25.2. The van der Waals surface area contributed by atoms with Crippen molar-refractivity contribution >= 4 is 11.9 Å². The Balaban J connectivity index is 1.38. The number of amides is 1. The van der Waals surface area contributed by atoms with E-state index in [-0.39, 0.29) is 12.0 Å². The Morgan fingerprint density at radius 3 is 2.09 bits per heavy atom. The topological polar surface area (TPSA) is 75.6 Å². The smallest absolute Gasteiger partial charge is 0.326 e. The van der Waals surface area contributed by atoms with Crippen LogP contribution in [0, 0.1) is 0 Å². The van der Waals surface area contributed by atoms with Crippen LogP contribution in [0.1, 0.15) is 55.5 Å². The average Bonchev–Trinajstić information content (AvgIpc) is 3.02. The highest BCUT2D eigenvalue weighted by Crippen LogP contribution is 2.25. The third-order valence-corrected chi connectivity index (χ3v) is 7.16. The number of hydrogen-bond donors (Lipinski definition) is 2. The fraction of sp³-hybridized carbons (Fsp3) is 0.211. The summed E-state index contributed by atoms with van der Waals surface area (Å²) >= 11 is 0. The van der Waals surface area contributed by atoms with E-state index >= 15 is 0 Å². The fourth-order valence-corrected chi connectivity index (χ4v) is 4.73. The van der Waals surface area contributed by atoms with Crippen molar-refractivity contribution in [1.82, 2.24) is 5.32 Å². The summed E-state index contributed by atoms with van der Waals surface area (Å²) in [7, 11) is 0. The number of ether oxygens (including phenoxy) is 1. The van der Waals surface area contributed by atoms with Crippen LogP contribution in [0.15, 0.2) is 132 Å². The van der Waals surface area contributed by atoms with Gasteiger partial charge in [-0.3, -0.25) is 4.79 Å². The molecule has 5 nitrogen and oxygen atoms in total. The highest BCUT2D eigenvalue weighted by atomic mass is 16.5. The fourth-order valence-electron chi connectivity index (χ4n) is 4.73. The van der Waals surface area contributed by atoms with E-state index in [4.69, 9.17) is 4.74 Å². The lowest BCUT2D eigenvalue weighted by Crippen LogP contribution is -2.40. The molecule has 0 aromatic heterocycles. The quantitative estimate of drug-likeness (QED) is 0.148. The largest absolute Gasteiger partial charge is 0.480 e. The highest BCUT2D eigenvalue weighted by molar-refractivity contribution is 5.99. The van der Waals surface area contributed by atoms with Crippen LogP contribution in [-0.4, -0.2) is 23.0 Å². The van der Waals surface area contributed by atoms with Gasteiger partial charge in [-0.25, -0.2) is 4.79 Å². The van der Waals surface area contributed by atoms with Gasteiger partial charge in [0.1, 0.15) is 17.5 Å². The van der Waals surface area contributed by atoms with E-state index in [1.165, 1.54) is 27.8 Å². The van der Waals surface area contributed by atoms with Crippen LogP contribution in [0.2, 0.25) is 0 Å². The van der Waals surface area contributed by atoms with E-state index in [0.29, 0.717) is 17.9 Å². The number of para-hydroxylation sites is 2. The van der Waals surface area contributed by atoms with Crippen LogP contribution in [0.25, 0.3) is 11.1 Å². The molecule has 0 heterocycles. The monoisotopic (exact) mass is 573 g/mol. The van der Waals surface area contributed by atoms with Crippen molar-refractivity contribution in [2.75, 3.05) is 0 Å². The Labute approximate surface area is 254 Å². The lowest BCUT2D eigenvalue weighted by Gasteiger charge is -2.16. The summed E-state index contributed by atoms with van der Waals surface area (Å²) in [6, 6.07) is 34.0. The predicted octanol–water partition coefficient (Wildman–Crippen LogP) is 9.02. The normalized spacial score (nSPS) is 11.8. The van der Waals surface area contributed by atoms with Crippen LogP contribution in [0.4, 0.5) is 0 Å². The molecule has 220 valence electrons. The number of nitrogens with one attached hydrogen (secondary N) is 1. The SMILES string of the molecule is CC(C)=CC/C(=C\CC[C@@H](NC(=O)c1ccccc1Oc1ccccc1)C(=O)O)CCc1ccc(-c2ccccc2)cc1. The van der Waals surface area contributed by atoms with Crippen LogP contribution >= 0.6 is 0 Å². The number of allylic oxidation sites excluding steroid dienone is 4. The molecule has 4 rings (SSSR count). The molecular formula is C38H39NO4. The molecule has 0 aliphatic rings. The maximum Gasteiger partial charge on any atom is 0.326 e. The van der Waals surface area contributed by atoms with Gasteiger partial charge in [0, 0.05) is 0 Å². The minimum absolute atomic E-state index is 0.285. The van der Waals surface area contributed by atoms with Crippen LogP contribution in [-0.2, 0) is 11.2 Å². The van der Waals surface area contributed by atoms with Gasteiger partial charge >= 0.3 is 5.97 Å². The first-order valence-corrected chi connectivity index (χ1v) is 14.7. The first-order valence-electron chi connectivity index (χ1n) is 14.7. The molecule has 0 spiro atoms. The van der Waals surface area contributed by atoms with E-state index in [1.54, 1.807) is 36.4 Å². The number of rotatable bonds is 14. The second kappa shape index (κ2) is 15.9. The molecule has 0 saturated carbocycles. The molecule has 4 aromatic rings. The molecule has 0 unspecified atom stereocenters. The van der Waals surface area contributed by atoms with E-state index in [0.717, 1.165) is 19.3 Å². The highest BCUT2D eigenvalue weighted by Gasteiger charge is 2.22. The molecule has 5 heteroatoms. The third kappa shape index (κ3) is 9.86. The van der Waals surface area contributed by atoms with Crippen molar-refractivity contribution in [2.24, 2.45) is 0 Å². The van der Waals surface area contributed by atoms with Gasteiger partial charge in [0.2, 0.25) is 0 Å². The molecule has 0 fully saturated rings. The molecule has 1 atom stereocenters. The van der Waals surface area contributed by atoms with E-state index in [2.05, 4.69) is 67.7 Å². The molecule has 2 N–H and O–H groups in total. The maximum atomic E-state index is 13.1. The second-order valence-electron chi connectivity index (χ2n) is 10.8. The molecule has 1 amide bonds. The molecular weight excluding hydrogens is 534 g/mol. The standard InChI is InChI=1S/C38H39NO4/c1-28(2)20-21-29(22-23-30-24-26-32(27-25-30)31-13-5-3-6-14-31)12-11-18-35(38(41)42)39-37(40)34-17-9-10-19-36(34)43-33-15-7-4-8-16-33/h3-10,12-17,19-20,24-27,35H,11,18,21-23H2,1-2H3,(H,39,40)(H,41,42)/b29-12+/t35-/m1/s1. The number of aryl methyl sites for hydroxylation is 1. The summed E-state index contributed by atoms with van der Waals surface area (Å²) in [5.41, 5.74) is 6.44. The third-order valence-electron chi connectivity index (χ3n) is 7.16. The van der Waals surface area contributed by atoms with Crippen LogP contribution in [0.5, 0.6) is 11.5 Å². The van der Waals surface area contributed by atoms with Gasteiger partial charge in [-0.1, -0.05) is 108 Å². The minimum atomic E-state index is -1.06. The molecule has 4 aromatic carbocycles. The minimum Gasteiger partial charge on any atom is -0.480 e. The molecule has 43 heavy (non-hydrogen) atoms. The summed E-state index contributed by atoms with van der Waals surface area (Å²) in [5, 5.41) is 12.6. The van der Waals surface area contributed by atoms with Gasteiger partial charge < -0.3 is 15.2 Å². The average molecular weight is 574 g/mol. The van der Waals surface area contributed by atoms with Crippen molar-refractivity contribution in [3.05, 3.63) is 144 Å². The Hall–Kier alpha value is -4.90. The zero-order valence-corrected chi connectivity index (χ0v) is 24.8. The summed E-state index contributed by atoms with van der Waals surface area (Å²) in [6.07, 6.45) is 7.75. The van der Waals surface area contributed by atoms with Crippen molar-refractivity contribution in [3.63, 3.8) is 0 Å². The molecule has 0 saturated heterocycles. The number of carbonyl (C=O) groups is 2. The summed E-state index contributed by atoms with van der Waals surface area (Å²) in [5.74, 6) is -0.575. The molecule has 0 aliphatic carbocycles. The maximum absolute atomic E-state index is 13.1. The summed E-state index contributed by atoms with van der Waals surface area (Å²) < 4.78 is 5.90. The van der Waals surface area contributed by atoms with Crippen molar-refractivity contribution in [2.45, 2.75) is 52.0 Å². The predicted molar refractivity (Wildman–Crippen MR) is 173 cm³/mol. The number of carboxylic acids is 1. The van der Waals surface area contributed by atoms with Crippen molar-refractivity contribution < 1.29 is 19.4 Å². The van der Waals surface area contributed by atoms with Crippen molar-refractivity contribution in [1.29, 1.82) is 0 Å². The number of benzene rings is 4. The second-order valence-corrected chi connectivity index (χ2v) is 10.8. The zero-order chi connectivity index (χ0) is 30.4. The molecule has 0 aliphatic heterocycles. The number of carboxylic acid groups (broad SMARTS) is 1. The van der Waals surface area contributed by atoms with Gasteiger partial charge in [-0.2, -0.15) is 0 Å². The van der Waals surface area contributed by atoms with Gasteiger partial charge in [0.05, 0.1) is 5.56 Å². The van der Waals surface area contributed by atoms with Crippen LogP contribution in [0.3, 0.4) is 0 Å². The Morgan fingerprint density at radius 2 is 1.42 bits per heavy atom. The number of hydrogen-bond acceptors (Lipinski definition) is 3. The van der Waals surface area contributed by atoms with E-state index in [1.807, 2.05) is 36.4 Å². The first kappa shape index (κ1) is 31.0. The van der Waals surface area contributed by atoms with Crippen LogP contribution < -0.4 is 10.1 Å². The lowest BCUT2D eigenvalue weighted by molar-refractivity contribution is -0.139. The lowest BCUT2D eigenvalue weighted by atomic mass is 9.97.